The molecule has 0 N–H and O–H groups in total. The van der Waals surface area contributed by atoms with Crippen molar-refractivity contribution in [1.29, 1.82) is 0 Å². The number of fused-ring (bicyclic) bond motifs is 1. The van der Waals surface area contributed by atoms with E-state index in [4.69, 9.17) is 9.47 Å². The van der Waals surface area contributed by atoms with Crippen LogP contribution in [0.3, 0.4) is 0 Å². The van der Waals surface area contributed by atoms with Crippen molar-refractivity contribution in [2.24, 2.45) is 0 Å². The van der Waals surface area contributed by atoms with Crippen molar-refractivity contribution in [3.05, 3.63) is 48.0 Å². The maximum absolute atomic E-state index is 10.4. The van der Waals surface area contributed by atoms with Crippen LogP contribution in [-0.2, 0) is 11.2 Å². The van der Waals surface area contributed by atoms with Gasteiger partial charge in [-0.1, -0.05) is 36.4 Å². The minimum Gasteiger partial charge on any atom is -0.454 e. The lowest BCUT2D eigenvalue weighted by molar-refractivity contribution is -0.107. The zero-order valence-electron chi connectivity index (χ0n) is 10.5. The quantitative estimate of drug-likeness (QED) is 0.786. The second-order valence-electron chi connectivity index (χ2n) is 4.44. The minimum absolute atomic E-state index is 0.282. The zero-order chi connectivity index (χ0) is 13.1. The summed E-state index contributed by atoms with van der Waals surface area (Å²) < 4.78 is 10.9. The van der Waals surface area contributed by atoms with E-state index in [0.717, 1.165) is 35.3 Å². The number of hydrogen-bond acceptors (Lipinski definition) is 3. The first-order valence-corrected chi connectivity index (χ1v) is 6.30. The molecule has 0 atom stereocenters. The fraction of sp³-hybridized carbons (Fsp3) is 0.188. The molecule has 2 aromatic rings. The Morgan fingerprint density at radius 3 is 2.68 bits per heavy atom. The average molecular weight is 254 g/mol. The molecule has 0 fully saturated rings. The molecule has 19 heavy (non-hydrogen) atoms. The normalized spacial score (nSPS) is 12.4. The smallest absolute Gasteiger partial charge is 0.231 e. The van der Waals surface area contributed by atoms with Crippen molar-refractivity contribution in [3.63, 3.8) is 0 Å². The molecule has 0 saturated carbocycles. The standard InChI is InChI=1S/C16H14O3/c17-10-2-3-12-6-8-13(9-7-12)14-4-1-5-15-16(14)19-11-18-15/h1,4-10H,2-3,11H2. The van der Waals surface area contributed by atoms with E-state index in [1.54, 1.807) is 0 Å². The van der Waals surface area contributed by atoms with E-state index >= 15 is 0 Å². The first-order chi connectivity index (χ1) is 9.38. The van der Waals surface area contributed by atoms with Gasteiger partial charge in [0.1, 0.15) is 6.29 Å². The fourth-order valence-electron chi connectivity index (χ4n) is 2.23. The van der Waals surface area contributed by atoms with E-state index in [0.29, 0.717) is 6.42 Å². The number of carbonyl (C=O) groups excluding carboxylic acids is 1. The molecule has 3 nitrogen and oxygen atoms in total. The third-order valence-corrected chi connectivity index (χ3v) is 3.21. The van der Waals surface area contributed by atoms with Gasteiger partial charge in [-0.2, -0.15) is 0 Å². The van der Waals surface area contributed by atoms with Crippen LogP contribution in [0.1, 0.15) is 12.0 Å². The summed E-state index contributed by atoms with van der Waals surface area (Å²) >= 11 is 0. The molecule has 1 aliphatic rings. The van der Waals surface area contributed by atoms with Gasteiger partial charge in [0.25, 0.3) is 0 Å². The van der Waals surface area contributed by atoms with Crippen LogP contribution in [0.15, 0.2) is 42.5 Å². The molecule has 0 unspecified atom stereocenters. The number of aldehydes is 1. The molecular weight excluding hydrogens is 240 g/mol. The summed E-state index contributed by atoms with van der Waals surface area (Å²) in [4.78, 5) is 10.4. The summed E-state index contributed by atoms with van der Waals surface area (Å²) in [6, 6.07) is 14.1. The van der Waals surface area contributed by atoms with Crippen LogP contribution < -0.4 is 9.47 Å². The summed E-state index contributed by atoms with van der Waals surface area (Å²) in [5.74, 6) is 1.60. The van der Waals surface area contributed by atoms with Crippen molar-refractivity contribution < 1.29 is 14.3 Å². The molecule has 96 valence electrons. The molecule has 0 radical (unpaired) electrons. The highest BCUT2D eigenvalue weighted by Gasteiger charge is 2.17. The van der Waals surface area contributed by atoms with Crippen LogP contribution in [0.4, 0.5) is 0 Å². The maximum atomic E-state index is 10.4. The van der Waals surface area contributed by atoms with Crippen LogP contribution in [-0.4, -0.2) is 13.1 Å². The first-order valence-electron chi connectivity index (χ1n) is 6.30. The van der Waals surface area contributed by atoms with E-state index in [1.807, 2.05) is 30.3 Å². The third kappa shape index (κ3) is 2.32. The van der Waals surface area contributed by atoms with E-state index in [-0.39, 0.29) is 6.79 Å². The highest BCUT2D eigenvalue weighted by atomic mass is 16.7. The molecular formula is C16H14O3. The Morgan fingerprint density at radius 2 is 1.89 bits per heavy atom. The summed E-state index contributed by atoms with van der Waals surface area (Å²) in [5.41, 5.74) is 3.30. The molecule has 0 bridgehead atoms. The van der Waals surface area contributed by atoms with Crippen LogP contribution in [0.2, 0.25) is 0 Å². The topological polar surface area (TPSA) is 35.5 Å². The third-order valence-electron chi connectivity index (χ3n) is 3.21. The Kier molecular flexibility index (Phi) is 3.19. The number of rotatable bonds is 4. The summed E-state index contributed by atoms with van der Waals surface area (Å²) in [5, 5.41) is 0. The molecule has 0 aliphatic carbocycles. The van der Waals surface area contributed by atoms with Gasteiger partial charge in [-0.25, -0.2) is 0 Å². The van der Waals surface area contributed by atoms with Crippen LogP contribution in [0.5, 0.6) is 11.5 Å². The highest BCUT2D eigenvalue weighted by Crippen LogP contribution is 2.41. The fourth-order valence-corrected chi connectivity index (χ4v) is 2.23. The predicted octanol–water partition coefficient (Wildman–Crippen LogP) is 3.21. The second kappa shape index (κ2) is 5.14. The SMILES string of the molecule is O=CCCc1ccc(-c2cccc3c2OCO3)cc1. The van der Waals surface area contributed by atoms with Gasteiger partial charge in [0.15, 0.2) is 11.5 Å². The molecule has 1 aliphatic heterocycles. The Bertz CT molecular complexity index is 587. The molecule has 3 rings (SSSR count). The number of ether oxygens (including phenoxy) is 2. The number of para-hydroxylation sites is 1. The van der Waals surface area contributed by atoms with E-state index in [9.17, 15) is 4.79 Å². The molecule has 2 aromatic carbocycles. The van der Waals surface area contributed by atoms with Gasteiger partial charge in [0, 0.05) is 12.0 Å². The van der Waals surface area contributed by atoms with Gasteiger partial charge in [-0.15, -0.1) is 0 Å². The van der Waals surface area contributed by atoms with Crippen LogP contribution in [0, 0.1) is 0 Å². The van der Waals surface area contributed by atoms with Gasteiger partial charge in [0.2, 0.25) is 6.79 Å². The van der Waals surface area contributed by atoms with Gasteiger partial charge in [-0.05, 0) is 23.6 Å². The lowest BCUT2D eigenvalue weighted by atomic mass is 10.0. The highest BCUT2D eigenvalue weighted by molar-refractivity contribution is 5.74. The zero-order valence-corrected chi connectivity index (χ0v) is 10.5. The second-order valence-corrected chi connectivity index (χ2v) is 4.44. The Balaban J connectivity index is 1.90. The van der Waals surface area contributed by atoms with E-state index in [2.05, 4.69) is 12.1 Å². The van der Waals surface area contributed by atoms with Gasteiger partial charge in [-0.3, -0.25) is 0 Å². The van der Waals surface area contributed by atoms with Crippen molar-refractivity contribution >= 4 is 6.29 Å². The summed E-state index contributed by atoms with van der Waals surface area (Å²) in [6.07, 6.45) is 2.30. The number of aryl methyl sites for hydroxylation is 1. The molecule has 0 amide bonds. The number of benzene rings is 2. The lowest BCUT2D eigenvalue weighted by Crippen LogP contribution is -1.93. The lowest BCUT2D eigenvalue weighted by Gasteiger charge is -2.07. The largest absolute Gasteiger partial charge is 0.454 e. The number of hydrogen-bond donors (Lipinski definition) is 0. The van der Waals surface area contributed by atoms with E-state index < -0.39 is 0 Å². The van der Waals surface area contributed by atoms with Crippen LogP contribution in [0.25, 0.3) is 11.1 Å². The number of carbonyl (C=O) groups is 1. The first kappa shape index (κ1) is 11.8. The molecule has 1 heterocycles. The monoisotopic (exact) mass is 254 g/mol. The minimum atomic E-state index is 0.282. The Labute approximate surface area is 111 Å². The Hall–Kier alpha value is -2.29. The van der Waals surface area contributed by atoms with Gasteiger partial charge >= 0.3 is 0 Å². The maximum Gasteiger partial charge on any atom is 0.231 e. The summed E-state index contributed by atoms with van der Waals surface area (Å²) in [7, 11) is 0. The average Bonchev–Trinajstić information content (AvgIpc) is 2.94. The summed E-state index contributed by atoms with van der Waals surface area (Å²) in [6.45, 7) is 0.282. The van der Waals surface area contributed by atoms with E-state index in [1.165, 1.54) is 5.56 Å². The van der Waals surface area contributed by atoms with Gasteiger partial charge in [0.05, 0.1) is 0 Å². The predicted molar refractivity (Wildman–Crippen MR) is 72.4 cm³/mol. The molecule has 0 saturated heterocycles. The van der Waals surface area contributed by atoms with Crippen molar-refractivity contribution in [2.75, 3.05) is 6.79 Å². The molecule has 0 aromatic heterocycles. The molecule has 3 heteroatoms. The van der Waals surface area contributed by atoms with Crippen LogP contribution >= 0.6 is 0 Å². The van der Waals surface area contributed by atoms with Crippen molar-refractivity contribution in [2.45, 2.75) is 12.8 Å². The van der Waals surface area contributed by atoms with Crippen molar-refractivity contribution in [3.8, 4) is 22.6 Å². The van der Waals surface area contributed by atoms with Crippen molar-refractivity contribution in [1.82, 2.24) is 0 Å². The molecule has 0 spiro atoms. The Morgan fingerprint density at radius 1 is 1.05 bits per heavy atom. The van der Waals surface area contributed by atoms with Gasteiger partial charge < -0.3 is 14.3 Å².